The van der Waals surface area contributed by atoms with Crippen molar-refractivity contribution in [1.29, 1.82) is 0 Å². The third-order valence-electron chi connectivity index (χ3n) is 4.26. The van der Waals surface area contributed by atoms with Crippen LogP contribution in [0.2, 0.25) is 0 Å². The topological polar surface area (TPSA) is 66.6 Å². The van der Waals surface area contributed by atoms with Gasteiger partial charge in [0, 0.05) is 31.4 Å². The highest BCUT2D eigenvalue weighted by Gasteiger charge is 2.36. The average Bonchev–Trinajstić information content (AvgIpc) is 2.84. The number of anilines is 1. The van der Waals surface area contributed by atoms with E-state index in [-0.39, 0.29) is 0 Å². The number of nitrogens with zero attached hydrogens (tertiary/aromatic N) is 2. The summed E-state index contributed by atoms with van der Waals surface area (Å²) >= 11 is 0. The van der Waals surface area contributed by atoms with Crippen molar-refractivity contribution in [3.63, 3.8) is 0 Å². The lowest BCUT2D eigenvalue weighted by molar-refractivity contribution is 0.158. The zero-order valence-electron chi connectivity index (χ0n) is 11.7. The van der Waals surface area contributed by atoms with Crippen LogP contribution in [0.25, 0.3) is 0 Å². The van der Waals surface area contributed by atoms with E-state index in [0.29, 0.717) is 29.7 Å². The Morgan fingerprint density at radius 1 is 1.20 bits per heavy atom. The minimum absolute atomic E-state index is 0.321. The van der Waals surface area contributed by atoms with Crippen molar-refractivity contribution in [1.82, 2.24) is 9.21 Å². The Labute approximate surface area is 120 Å². The highest BCUT2D eigenvalue weighted by atomic mass is 32.2. The summed E-state index contributed by atoms with van der Waals surface area (Å²) in [5, 5.41) is 0. The number of fused-ring (bicyclic) bond motifs is 1. The number of sulfonamides is 1. The molecule has 1 unspecified atom stereocenters. The van der Waals surface area contributed by atoms with Gasteiger partial charge in [0.25, 0.3) is 0 Å². The van der Waals surface area contributed by atoms with Gasteiger partial charge in [0.15, 0.2) is 0 Å². The highest BCUT2D eigenvalue weighted by molar-refractivity contribution is 7.89. The van der Waals surface area contributed by atoms with Gasteiger partial charge < -0.3 is 5.73 Å². The first-order valence-electron chi connectivity index (χ1n) is 7.08. The standard InChI is InChI=1S/C14H21N3O2S/c1-11-7-12(15)9-14(8-11)20(18,19)17-6-5-16-4-2-3-13(16)10-17/h7-9,13H,2-6,10,15H2,1H3. The molecule has 0 amide bonds. The van der Waals surface area contributed by atoms with Gasteiger partial charge in [0.2, 0.25) is 10.0 Å². The molecule has 0 radical (unpaired) electrons. The van der Waals surface area contributed by atoms with Gasteiger partial charge in [0.05, 0.1) is 4.90 Å². The van der Waals surface area contributed by atoms with Crippen molar-refractivity contribution in [2.24, 2.45) is 0 Å². The third-order valence-corrected chi connectivity index (χ3v) is 6.10. The van der Waals surface area contributed by atoms with Crippen molar-refractivity contribution in [2.75, 3.05) is 31.9 Å². The summed E-state index contributed by atoms with van der Waals surface area (Å²) in [6, 6.07) is 5.44. The second kappa shape index (κ2) is 5.02. The van der Waals surface area contributed by atoms with Gasteiger partial charge in [-0.25, -0.2) is 8.42 Å². The number of nitrogen functional groups attached to an aromatic ring is 1. The second-order valence-electron chi connectivity index (χ2n) is 5.77. The van der Waals surface area contributed by atoms with E-state index in [0.717, 1.165) is 25.1 Å². The molecule has 2 N–H and O–H groups in total. The zero-order chi connectivity index (χ0) is 14.3. The van der Waals surface area contributed by atoms with Crippen molar-refractivity contribution in [3.8, 4) is 0 Å². The van der Waals surface area contributed by atoms with E-state index in [2.05, 4.69) is 4.90 Å². The molecule has 1 atom stereocenters. The van der Waals surface area contributed by atoms with Crippen LogP contribution in [-0.2, 0) is 10.0 Å². The molecule has 2 heterocycles. The van der Waals surface area contributed by atoms with Crippen molar-refractivity contribution < 1.29 is 8.42 Å². The first-order valence-corrected chi connectivity index (χ1v) is 8.52. The number of benzene rings is 1. The van der Waals surface area contributed by atoms with E-state index in [1.165, 1.54) is 6.42 Å². The van der Waals surface area contributed by atoms with Gasteiger partial charge in [0.1, 0.15) is 0 Å². The average molecular weight is 295 g/mol. The van der Waals surface area contributed by atoms with Crippen LogP contribution < -0.4 is 5.73 Å². The molecule has 0 aromatic heterocycles. The van der Waals surface area contributed by atoms with Crippen LogP contribution in [0.4, 0.5) is 5.69 Å². The number of hydrogen-bond acceptors (Lipinski definition) is 4. The summed E-state index contributed by atoms with van der Waals surface area (Å²) in [5.41, 5.74) is 7.16. The summed E-state index contributed by atoms with van der Waals surface area (Å²) in [4.78, 5) is 2.72. The molecule has 20 heavy (non-hydrogen) atoms. The molecule has 110 valence electrons. The van der Waals surface area contributed by atoms with Gasteiger partial charge in [-0.3, -0.25) is 4.90 Å². The predicted octanol–water partition coefficient (Wildman–Crippen LogP) is 1.05. The molecule has 3 rings (SSSR count). The smallest absolute Gasteiger partial charge is 0.243 e. The van der Waals surface area contributed by atoms with Crippen LogP contribution in [0.3, 0.4) is 0 Å². The number of hydrogen-bond donors (Lipinski definition) is 1. The summed E-state index contributed by atoms with van der Waals surface area (Å²) in [5.74, 6) is 0. The van der Waals surface area contributed by atoms with E-state index in [1.807, 2.05) is 6.92 Å². The summed E-state index contributed by atoms with van der Waals surface area (Å²) in [6.07, 6.45) is 2.28. The Hall–Kier alpha value is -1.11. The molecule has 0 saturated carbocycles. The number of aryl methyl sites for hydroxylation is 1. The normalized spacial score (nSPS) is 24.8. The van der Waals surface area contributed by atoms with Crippen LogP contribution in [0, 0.1) is 6.92 Å². The number of nitrogens with two attached hydrogens (primary N) is 1. The Balaban J connectivity index is 1.88. The van der Waals surface area contributed by atoms with Crippen LogP contribution in [0.1, 0.15) is 18.4 Å². The molecule has 5 nitrogen and oxygen atoms in total. The highest BCUT2D eigenvalue weighted by Crippen LogP contribution is 2.26. The molecule has 2 aliphatic rings. The fraction of sp³-hybridized carbons (Fsp3) is 0.571. The van der Waals surface area contributed by atoms with E-state index in [9.17, 15) is 8.42 Å². The maximum atomic E-state index is 12.7. The maximum absolute atomic E-state index is 12.7. The van der Waals surface area contributed by atoms with Crippen molar-refractivity contribution in [3.05, 3.63) is 23.8 Å². The predicted molar refractivity (Wildman–Crippen MR) is 78.9 cm³/mol. The molecule has 6 heteroatoms. The maximum Gasteiger partial charge on any atom is 0.243 e. The summed E-state index contributed by atoms with van der Waals surface area (Å²) in [6.45, 7) is 4.99. The van der Waals surface area contributed by atoms with E-state index in [4.69, 9.17) is 5.73 Å². The minimum Gasteiger partial charge on any atom is -0.399 e. The Kier molecular flexibility index (Phi) is 3.48. The van der Waals surface area contributed by atoms with Gasteiger partial charge in [-0.05, 0) is 50.1 Å². The van der Waals surface area contributed by atoms with Crippen molar-refractivity contribution >= 4 is 15.7 Å². The fourth-order valence-corrected chi connectivity index (χ4v) is 4.86. The van der Waals surface area contributed by atoms with Gasteiger partial charge in [-0.15, -0.1) is 0 Å². The summed E-state index contributed by atoms with van der Waals surface area (Å²) in [7, 11) is -3.42. The molecule has 2 fully saturated rings. The molecule has 2 aliphatic heterocycles. The molecule has 0 spiro atoms. The Bertz CT molecular complexity index is 595. The molecular formula is C14H21N3O2S. The first kappa shape index (κ1) is 13.9. The second-order valence-corrected chi connectivity index (χ2v) is 7.71. The van der Waals surface area contributed by atoms with Crippen LogP contribution in [0.15, 0.2) is 23.1 Å². The number of piperazine rings is 1. The minimum atomic E-state index is -3.42. The Morgan fingerprint density at radius 3 is 2.75 bits per heavy atom. The largest absolute Gasteiger partial charge is 0.399 e. The van der Waals surface area contributed by atoms with Gasteiger partial charge in [-0.2, -0.15) is 4.31 Å². The van der Waals surface area contributed by atoms with Crippen LogP contribution >= 0.6 is 0 Å². The fourth-order valence-electron chi connectivity index (χ4n) is 3.26. The lowest BCUT2D eigenvalue weighted by Crippen LogP contribution is -2.51. The lowest BCUT2D eigenvalue weighted by atomic mass is 10.2. The molecular weight excluding hydrogens is 274 g/mol. The molecule has 1 aromatic carbocycles. The van der Waals surface area contributed by atoms with E-state index in [1.54, 1.807) is 22.5 Å². The number of rotatable bonds is 2. The first-order chi connectivity index (χ1) is 9.46. The quantitative estimate of drug-likeness (QED) is 0.828. The SMILES string of the molecule is Cc1cc(N)cc(S(=O)(=O)N2CCN3CCCC3C2)c1. The molecule has 0 bridgehead atoms. The molecule has 0 aliphatic carbocycles. The lowest BCUT2D eigenvalue weighted by Gasteiger charge is -2.36. The monoisotopic (exact) mass is 295 g/mol. The van der Waals surface area contributed by atoms with Crippen LogP contribution in [0.5, 0.6) is 0 Å². The van der Waals surface area contributed by atoms with Crippen molar-refractivity contribution in [2.45, 2.75) is 30.7 Å². The van der Waals surface area contributed by atoms with Gasteiger partial charge in [-0.1, -0.05) is 0 Å². The third kappa shape index (κ3) is 2.43. The van der Waals surface area contributed by atoms with E-state index >= 15 is 0 Å². The molecule has 2 saturated heterocycles. The van der Waals surface area contributed by atoms with Crippen LogP contribution in [-0.4, -0.2) is 49.8 Å². The zero-order valence-corrected chi connectivity index (χ0v) is 12.6. The Morgan fingerprint density at radius 2 is 2.00 bits per heavy atom. The summed E-state index contributed by atoms with van der Waals surface area (Å²) < 4.78 is 27.1. The van der Waals surface area contributed by atoms with Gasteiger partial charge >= 0.3 is 0 Å². The molecule has 1 aromatic rings. The van der Waals surface area contributed by atoms with E-state index < -0.39 is 10.0 Å².